The van der Waals surface area contributed by atoms with Gasteiger partial charge in [0.05, 0.1) is 11.6 Å². The molecule has 6 nitrogen and oxygen atoms in total. The second-order valence-corrected chi connectivity index (χ2v) is 13.1. The van der Waals surface area contributed by atoms with Gasteiger partial charge in [-0.1, -0.05) is 99.0 Å². The second-order valence-electron chi connectivity index (χ2n) is 11.8. The molecule has 0 radical (unpaired) electrons. The topological polar surface area (TPSA) is 105 Å². The van der Waals surface area contributed by atoms with Crippen LogP contribution in [-0.4, -0.2) is 14.5 Å². The van der Waals surface area contributed by atoms with Crippen molar-refractivity contribution in [3.05, 3.63) is 113 Å². The molecule has 7 heteroatoms. The van der Waals surface area contributed by atoms with Gasteiger partial charge < -0.3 is 4.74 Å². The van der Waals surface area contributed by atoms with E-state index in [4.69, 9.17) is 21.7 Å². The molecule has 3 atom stereocenters. The Morgan fingerprint density at radius 3 is 2.47 bits per heavy atom. The predicted molar refractivity (Wildman–Crippen MR) is 173 cm³/mol. The monoisotopic (exact) mass is 595 g/mol. The molecule has 224 valence electrons. The summed E-state index contributed by atoms with van der Waals surface area (Å²) in [7, 11) is -3.88. The van der Waals surface area contributed by atoms with Gasteiger partial charge in [0, 0.05) is 17.0 Å². The minimum atomic E-state index is -3.88. The van der Waals surface area contributed by atoms with E-state index in [1.54, 1.807) is 12.1 Å². The van der Waals surface area contributed by atoms with E-state index in [0.717, 1.165) is 48.1 Å². The Kier molecular flexibility index (Phi) is 9.51. The number of nitriles is 1. The van der Waals surface area contributed by atoms with Crippen molar-refractivity contribution in [2.45, 2.75) is 70.9 Å². The fourth-order valence-electron chi connectivity index (χ4n) is 7.28. The lowest BCUT2D eigenvalue weighted by atomic mass is 9.66. The summed E-state index contributed by atoms with van der Waals surface area (Å²) in [6.45, 7) is 7.34. The predicted octanol–water partition coefficient (Wildman–Crippen LogP) is 7.54. The second kappa shape index (κ2) is 13.3. The number of nitrogens with zero attached hydrogens (tertiary/aromatic N) is 1. The third kappa shape index (κ3) is 6.62. The first kappa shape index (κ1) is 30.7. The fourth-order valence-corrected chi connectivity index (χ4v) is 7.98. The minimum Gasteiger partial charge on any atom is -0.488 e. The number of allylic oxidation sites excluding steroid dienone is 3. The largest absolute Gasteiger partial charge is 0.488 e. The third-order valence-corrected chi connectivity index (χ3v) is 9.80. The Balaban J connectivity index is 1.56. The number of nitrogens with one attached hydrogen (secondary N) is 1. The number of unbranched alkanes of at least 4 members (excludes halogenated alkanes) is 3. The Morgan fingerprint density at radius 2 is 1.77 bits per heavy atom. The number of fused-ring (bicyclic) bond motifs is 1. The maximum absolute atomic E-state index is 12.3. The number of nitrogens with two attached hydrogens (primary N) is 1. The van der Waals surface area contributed by atoms with E-state index in [0.29, 0.717) is 18.6 Å². The summed E-state index contributed by atoms with van der Waals surface area (Å²) in [4.78, 5) is 0. The number of hydrogen-bond donors (Lipinski definition) is 2. The summed E-state index contributed by atoms with van der Waals surface area (Å²) in [5.41, 5.74) is 6.84. The molecule has 3 N–H and O–H groups in total. The highest BCUT2D eigenvalue weighted by atomic mass is 32.2. The van der Waals surface area contributed by atoms with Crippen LogP contribution in [0.2, 0.25) is 0 Å². The molecule has 0 spiro atoms. The van der Waals surface area contributed by atoms with Crippen LogP contribution in [0.15, 0.2) is 91.0 Å². The smallest absolute Gasteiger partial charge is 0.274 e. The van der Waals surface area contributed by atoms with Crippen LogP contribution in [0.4, 0.5) is 0 Å². The van der Waals surface area contributed by atoms with Crippen molar-refractivity contribution in [3.63, 3.8) is 0 Å². The highest BCUT2D eigenvalue weighted by Crippen LogP contribution is 2.66. The van der Waals surface area contributed by atoms with Gasteiger partial charge in [-0.15, -0.1) is 0 Å². The van der Waals surface area contributed by atoms with Crippen molar-refractivity contribution < 1.29 is 13.2 Å². The van der Waals surface area contributed by atoms with E-state index in [2.05, 4.69) is 48.0 Å². The molecule has 3 aromatic rings. The first-order chi connectivity index (χ1) is 20.8. The van der Waals surface area contributed by atoms with Crippen molar-refractivity contribution in [2.24, 2.45) is 16.5 Å². The molecule has 5 rings (SSSR count). The number of para-hydroxylation sites is 1. The van der Waals surface area contributed by atoms with Gasteiger partial charge in [0.25, 0.3) is 10.2 Å². The van der Waals surface area contributed by atoms with Crippen LogP contribution >= 0.6 is 0 Å². The lowest BCUT2D eigenvalue weighted by molar-refractivity contribution is 0.303. The molecule has 0 aromatic heterocycles. The van der Waals surface area contributed by atoms with Crippen LogP contribution in [0.5, 0.6) is 5.75 Å². The first-order valence-corrected chi connectivity index (χ1v) is 16.8. The van der Waals surface area contributed by atoms with Crippen LogP contribution in [0.3, 0.4) is 0 Å². The number of benzene rings is 3. The van der Waals surface area contributed by atoms with Crippen molar-refractivity contribution in [3.8, 4) is 11.8 Å². The van der Waals surface area contributed by atoms with Crippen LogP contribution in [0.1, 0.15) is 80.5 Å². The quantitative estimate of drug-likeness (QED) is 0.199. The Hall–Kier alpha value is -3.70. The van der Waals surface area contributed by atoms with Crippen LogP contribution in [0.25, 0.3) is 11.1 Å². The zero-order chi connectivity index (χ0) is 30.5. The summed E-state index contributed by atoms with van der Waals surface area (Å²) < 4.78 is 33.8. The van der Waals surface area contributed by atoms with Gasteiger partial charge in [-0.25, -0.2) is 5.14 Å². The maximum atomic E-state index is 12.3. The van der Waals surface area contributed by atoms with E-state index >= 15 is 0 Å². The fraction of sp³-hybridized carbons (Fsp3) is 0.361. The molecule has 2 aliphatic carbocycles. The van der Waals surface area contributed by atoms with Gasteiger partial charge in [0.15, 0.2) is 0 Å². The number of ether oxygens (including phenoxy) is 1. The summed E-state index contributed by atoms with van der Waals surface area (Å²) >= 11 is 0. The van der Waals surface area contributed by atoms with E-state index in [1.807, 2.05) is 36.4 Å². The Labute approximate surface area is 256 Å². The summed E-state index contributed by atoms with van der Waals surface area (Å²) in [5.74, 6) is 0.720. The molecule has 1 fully saturated rings. The Bertz CT molecular complexity index is 1620. The number of rotatable bonds is 13. The van der Waals surface area contributed by atoms with Gasteiger partial charge >= 0.3 is 0 Å². The number of hydrogen-bond acceptors (Lipinski definition) is 4. The molecule has 0 aliphatic heterocycles. The maximum Gasteiger partial charge on any atom is 0.274 e. The Morgan fingerprint density at radius 1 is 1.05 bits per heavy atom. The molecular weight excluding hydrogens is 554 g/mol. The molecular formula is C36H41N3O3S. The van der Waals surface area contributed by atoms with Crippen molar-refractivity contribution in [1.29, 1.82) is 5.26 Å². The normalized spacial score (nSPS) is 21.4. The van der Waals surface area contributed by atoms with Crippen LogP contribution in [-0.2, 0) is 16.8 Å². The summed E-state index contributed by atoms with van der Waals surface area (Å²) in [6, 6.07) is 27.8. The lowest BCUT2D eigenvalue weighted by Crippen LogP contribution is -2.43. The van der Waals surface area contributed by atoms with Gasteiger partial charge in [-0.05, 0) is 78.5 Å². The molecule has 3 aromatic carbocycles. The molecule has 1 saturated carbocycles. The minimum absolute atomic E-state index is 0.0127. The van der Waals surface area contributed by atoms with Gasteiger partial charge in [-0.3, -0.25) is 0 Å². The zero-order valence-corrected chi connectivity index (χ0v) is 25.7. The van der Waals surface area contributed by atoms with E-state index in [-0.39, 0.29) is 12.0 Å². The van der Waals surface area contributed by atoms with Gasteiger partial charge in [0.1, 0.15) is 12.4 Å². The average Bonchev–Trinajstić information content (AvgIpc) is 3.52. The van der Waals surface area contributed by atoms with Crippen LogP contribution in [0, 0.1) is 22.7 Å². The molecule has 0 heterocycles. The zero-order valence-electron chi connectivity index (χ0n) is 24.9. The van der Waals surface area contributed by atoms with E-state index in [1.165, 1.54) is 36.0 Å². The highest BCUT2D eigenvalue weighted by molar-refractivity contribution is 7.87. The first-order valence-electron chi connectivity index (χ1n) is 15.3. The summed E-state index contributed by atoms with van der Waals surface area (Å²) in [5, 5.41) is 14.7. The molecule has 2 aliphatic rings. The SMILES string of the molecule is C=C(c1ccccc1OCc1ccc(C#N)cc1)C12CCC(NS(N)(=O)=O)C1CC(CCCCCC)=C2c1ccccc1. The van der Waals surface area contributed by atoms with Crippen LogP contribution < -0.4 is 14.6 Å². The molecule has 3 unspecified atom stereocenters. The molecule has 0 amide bonds. The molecule has 0 saturated heterocycles. The van der Waals surface area contributed by atoms with Crippen molar-refractivity contribution in [2.75, 3.05) is 0 Å². The van der Waals surface area contributed by atoms with Gasteiger partial charge in [0.2, 0.25) is 0 Å². The van der Waals surface area contributed by atoms with E-state index < -0.39 is 15.6 Å². The molecule has 0 bridgehead atoms. The lowest BCUT2D eigenvalue weighted by Gasteiger charge is -2.38. The summed E-state index contributed by atoms with van der Waals surface area (Å²) in [6.07, 6.45) is 7.87. The third-order valence-electron chi connectivity index (χ3n) is 9.17. The molecule has 43 heavy (non-hydrogen) atoms. The highest BCUT2D eigenvalue weighted by Gasteiger charge is 2.57. The van der Waals surface area contributed by atoms with E-state index in [9.17, 15) is 8.42 Å². The van der Waals surface area contributed by atoms with Crippen molar-refractivity contribution in [1.82, 2.24) is 4.72 Å². The standard InChI is InChI=1S/C36H41N3O3S/c1-3-4-5-7-14-30-23-32-33(39-43(38,40)41)21-22-36(32,35(30)29-12-8-6-9-13-29)26(2)31-15-10-11-16-34(31)42-25-28-19-17-27(24-37)18-20-28/h6,8-13,15-20,32-33,39H,2-5,7,14,21-23,25H2,1H3,(H2,38,40,41). The van der Waals surface area contributed by atoms with Crippen molar-refractivity contribution >= 4 is 21.4 Å². The van der Waals surface area contributed by atoms with Gasteiger partial charge in [-0.2, -0.15) is 18.4 Å². The average molecular weight is 596 g/mol.